The van der Waals surface area contributed by atoms with Crippen molar-refractivity contribution in [2.45, 2.75) is 86.0 Å². The van der Waals surface area contributed by atoms with Crippen LogP contribution in [0.3, 0.4) is 0 Å². The van der Waals surface area contributed by atoms with Gasteiger partial charge in [-0.3, -0.25) is 9.80 Å². The van der Waals surface area contributed by atoms with Gasteiger partial charge in [-0.1, -0.05) is 73.1 Å². The van der Waals surface area contributed by atoms with Crippen LogP contribution in [-0.2, 0) is 0 Å². The van der Waals surface area contributed by atoms with Crippen molar-refractivity contribution in [2.75, 3.05) is 32.8 Å². The first-order valence-corrected chi connectivity index (χ1v) is 10.6. The maximum atomic E-state index is 2.75. The molecule has 23 heavy (non-hydrogen) atoms. The molecule has 2 unspecified atom stereocenters. The molecule has 1 aliphatic heterocycles. The number of hydrogen-bond donors (Lipinski definition) is 0. The standard InChI is InChI=1S/C21H44N2/c1-6-10-12-20(8-3)16-22-14-19(5)15-23(18-22)17-21(9-4)13-11-7-2/h19-21H,6-18H2,1-5H3. The number of hydrogen-bond acceptors (Lipinski definition) is 2. The van der Waals surface area contributed by atoms with Gasteiger partial charge in [-0.25, -0.2) is 0 Å². The van der Waals surface area contributed by atoms with Crippen molar-refractivity contribution in [1.82, 2.24) is 9.80 Å². The molecule has 0 amide bonds. The summed E-state index contributed by atoms with van der Waals surface area (Å²) in [4.78, 5) is 5.51. The van der Waals surface area contributed by atoms with E-state index in [-0.39, 0.29) is 0 Å². The van der Waals surface area contributed by atoms with Crippen LogP contribution in [0.1, 0.15) is 86.0 Å². The first-order chi connectivity index (χ1) is 11.1. The molecule has 0 bridgehead atoms. The first kappa shape index (κ1) is 21.0. The molecule has 0 aromatic rings. The van der Waals surface area contributed by atoms with E-state index in [0.717, 1.165) is 17.8 Å². The second-order valence-corrected chi connectivity index (χ2v) is 8.15. The summed E-state index contributed by atoms with van der Waals surface area (Å²) in [6, 6.07) is 0. The summed E-state index contributed by atoms with van der Waals surface area (Å²) in [5.74, 6) is 2.64. The summed E-state index contributed by atoms with van der Waals surface area (Å²) in [7, 11) is 0. The van der Waals surface area contributed by atoms with Crippen LogP contribution in [0.15, 0.2) is 0 Å². The third-order valence-corrected chi connectivity index (χ3v) is 5.66. The van der Waals surface area contributed by atoms with Gasteiger partial charge in [-0.05, 0) is 30.6 Å². The van der Waals surface area contributed by atoms with E-state index in [1.807, 2.05) is 0 Å². The molecule has 0 aliphatic carbocycles. The molecule has 0 aromatic heterocycles. The van der Waals surface area contributed by atoms with E-state index < -0.39 is 0 Å². The minimum absolute atomic E-state index is 0.830. The van der Waals surface area contributed by atoms with Crippen LogP contribution in [0, 0.1) is 17.8 Å². The van der Waals surface area contributed by atoms with Gasteiger partial charge in [0.05, 0.1) is 6.67 Å². The lowest BCUT2D eigenvalue weighted by Gasteiger charge is -2.41. The van der Waals surface area contributed by atoms with Gasteiger partial charge < -0.3 is 0 Å². The Balaban J connectivity index is 2.46. The fourth-order valence-electron chi connectivity index (χ4n) is 4.17. The van der Waals surface area contributed by atoms with Gasteiger partial charge in [0, 0.05) is 26.2 Å². The second-order valence-electron chi connectivity index (χ2n) is 8.15. The highest BCUT2D eigenvalue weighted by molar-refractivity contribution is 4.77. The molecular weight excluding hydrogens is 280 g/mol. The van der Waals surface area contributed by atoms with Crippen molar-refractivity contribution in [2.24, 2.45) is 17.8 Å². The van der Waals surface area contributed by atoms with E-state index in [9.17, 15) is 0 Å². The lowest BCUT2D eigenvalue weighted by Crippen LogP contribution is -2.51. The topological polar surface area (TPSA) is 6.48 Å². The molecule has 0 N–H and O–H groups in total. The van der Waals surface area contributed by atoms with Gasteiger partial charge >= 0.3 is 0 Å². The molecule has 1 aliphatic rings. The molecular formula is C21H44N2. The molecule has 138 valence electrons. The van der Waals surface area contributed by atoms with Crippen LogP contribution < -0.4 is 0 Å². The van der Waals surface area contributed by atoms with Crippen molar-refractivity contribution >= 4 is 0 Å². The van der Waals surface area contributed by atoms with Crippen LogP contribution in [0.2, 0.25) is 0 Å². The van der Waals surface area contributed by atoms with Crippen LogP contribution in [-0.4, -0.2) is 42.6 Å². The van der Waals surface area contributed by atoms with Crippen molar-refractivity contribution in [1.29, 1.82) is 0 Å². The summed E-state index contributed by atoms with van der Waals surface area (Å²) in [6.45, 7) is 18.3. The van der Waals surface area contributed by atoms with Gasteiger partial charge in [-0.15, -0.1) is 0 Å². The van der Waals surface area contributed by atoms with Crippen molar-refractivity contribution in [3.8, 4) is 0 Å². The zero-order valence-corrected chi connectivity index (χ0v) is 16.8. The second kappa shape index (κ2) is 12.3. The van der Waals surface area contributed by atoms with Gasteiger partial charge in [0.15, 0.2) is 0 Å². The Morgan fingerprint density at radius 1 is 0.783 bits per heavy atom. The summed E-state index contributed by atoms with van der Waals surface area (Å²) in [5, 5.41) is 0. The lowest BCUT2D eigenvalue weighted by atomic mass is 9.96. The van der Waals surface area contributed by atoms with Gasteiger partial charge in [0.25, 0.3) is 0 Å². The zero-order chi connectivity index (χ0) is 17.1. The third kappa shape index (κ3) is 8.54. The number of unbranched alkanes of at least 4 members (excludes halogenated alkanes) is 2. The summed E-state index contributed by atoms with van der Waals surface area (Å²) in [6.07, 6.45) is 11.0. The van der Waals surface area contributed by atoms with E-state index >= 15 is 0 Å². The smallest absolute Gasteiger partial charge is 0.0506 e. The Kier molecular flexibility index (Phi) is 11.2. The Hall–Kier alpha value is -0.0800. The monoisotopic (exact) mass is 324 g/mol. The van der Waals surface area contributed by atoms with E-state index in [0.29, 0.717) is 0 Å². The Labute approximate surface area is 147 Å². The molecule has 0 saturated carbocycles. The van der Waals surface area contributed by atoms with E-state index in [4.69, 9.17) is 0 Å². The fourth-order valence-corrected chi connectivity index (χ4v) is 4.17. The van der Waals surface area contributed by atoms with E-state index in [1.165, 1.54) is 84.2 Å². The SMILES string of the molecule is CCCCC(CC)CN1CC(C)CN(CC(CC)CCCC)C1. The van der Waals surface area contributed by atoms with Crippen LogP contribution >= 0.6 is 0 Å². The lowest BCUT2D eigenvalue weighted by molar-refractivity contribution is 0.0302. The highest BCUT2D eigenvalue weighted by Gasteiger charge is 2.25. The Morgan fingerprint density at radius 2 is 1.22 bits per heavy atom. The largest absolute Gasteiger partial charge is 0.290 e. The normalized spacial score (nSPS) is 23.1. The minimum atomic E-state index is 0.830. The molecule has 2 atom stereocenters. The van der Waals surface area contributed by atoms with Gasteiger partial charge in [0.2, 0.25) is 0 Å². The van der Waals surface area contributed by atoms with Crippen LogP contribution in [0.25, 0.3) is 0 Å². The van der Waals surface area contributed by atoms with Crippen molar-refractivity contribution < 1.29 is 0 Å². The van der Waals surface area contributed by atoms with Gasteiger partial charge in [0.1, 0.15) is 0 Å². The quantitative estimate of drug-likeness (QED) is 0.459. The van der Waals surface area contributed by atoms with Crippen molar-refractivity contribution in [3.05, 3.63) is 0 Å². The highest BCUT2D eigenvalue weighted by atomic mass is 15.3. The Bertz CT molecular complexity index is 253. The summed E-state index contributed by atoms with van der Waals surface area (Å²) >= 11 is 0. The van der Waals surface area contributed by atoms with Gasteiger partial charge in [-0.2, -0.15) is 0 Å². The van der Waals surface area contributed by atoms with Crippen LogP contribution in [0.4, 0.5) is 0 Å². The molecule has 0 aromatic carbocycles. The molecule has 1 rings (SSSR count). The molecule has 0 radical (unpaired) electrons. The average Bonchev–Trinajstić information content (AvgIpc) is 2.54. The zero-order valence-electron chi connectivity index (χ0n) is 16.8. The van der Waals surface area contributed by atoms with Crippen LogP contribution in [0.5, 0.6) is 0 Å². The maximum Gasteiger partial charge on any atom is 0.0506 e. The maximum absolute atomic E-state index is 2.75. The Morgan fingerprint density at radius 3 is 1.57 bits per heavy atom. The molecule has 1 heterocycles. The molecule has 2 heteroatoms. The fraction of sp³-hybridized carbons (Fsp3) is 1.00. The predicted octanol–water partition coefficient (Wildman–Crippen LogP) is 5.63. The predicted molar refractivity (Wildman–Crippen MR) is 104 cm³/mol. The molecule has 1 fully saturated rings. The summed E-state index contributed by atoms with van der Waals surface area (Å²) in [5.41, 5.74) is 0. The van der Waals surface area contributed by atoms with Crippen molar-refractivity contribution in [3.63, 3.8) is 0 Å². The molecule has 1 saturated heterocycles. The minimum Gasteiger partial charge on any atom is -0.290 e. The number of nitrogens with zero attached hydrogens (tertiary/aromatic N) is 2. The first-order valence-electron chi connectivity index (χ1n) is 10.6. The number of rotatable bonds is 12. The highest BCUT2D eigenvalue weighted by Crippen LogP contribution is 2.21. The molecule has 2 nitrogen and oxygen atoms in total. The molecule has 0 spiro atoms. The van der Waals surface area contributed by atoms with E-state index in [1.54, 1.807) is 0 Å². The summed E-state index contributed by atoms with van der Waals surface area (Å²) < 4.78 is 0. The van der Waals surface area contributed by atoms with E-state index in [2.05, 4.69) is 44.4 Å². The third-order valence-electron chi connectivity index (χ3n) is 5.66. The average molecular weight is 325 g/mol.